The molecule has 21 heavy (non-hydrogen) atoms. The van der Waals surface area contributed by atoms with Crippen LogP contribution in [0.5, 0.6) is 0 Å². The van der Waals surface area contributed by atoms with Crippen molar-refractivity contribution in [2.24, 2.45) is 0 Å². The first-order valence-electron chi connectivity index (χ1n) is 6.14. The Bertz CT molecular complexity index is 649. The van der Waals surface area contributed by atoms with E-state index in [1.165, 1.54) is 21.8 Å². The van der Waals surface area contributed by atoms with E-state index < -0.39 is 5.82 Å². The third-order valence-electron chi connectivity index (χ3n) is 2.86. The predicted octanol–water partition coefficient (Wildman–Crippen LogP) is 2.88. The number of halogens is 2. The Morgan fingerprint density at radius 3 is 2.95 bits per heavy atom. The van der Waals surface area contributed by atoms with Gasteiger partial charge in [-0.2, -0.15) is 16.9 Å². The van der Waals surface area contributed by atoms with Crippen LogP contribution in [0.1, 0.15) is 6.42 Å². The first-order valence-corrected chi connectivity index (χ1v) is 8.33. The molecule has 0 aliphatic rings. The zero-order valence-corrected chi connectivity index (χ0v) is 14.0. The number of nitrogens with zero attached hydrogens (tertiary/aromatic N) is 4. The number of carbonyl (C=O) groups excluding carboxylic acids is 1. The van der Waals surface area contributed by atoms with Gasteiger partial charge in [0.15, 0.2) is 4.60 Å². The molecule has 1 amide bonds. The van der Waals surface area contributed by atoms with Crippen molar-refractivity contribution in [2.75, 3.05) is 24.0 Å². The molecule has 0 radical (unpaired) electrons. The van der Waals surface area contributed by atoms with Gasteiger partial charge in [-0.1, -0.05) is 0 Å². The van der Waals surface area contributed by atoms with E-state index in [1.54, 1.807) is 25.0 Å². The number of thioether (sulfide) groups is 1. The topological polar surface area (TPSA) is 51.0 Å². The molecular weight excluding hydrogens is 359 g/mol. The Kier molecular flexibility index (Phi) is 5.35. The number of anilines is 1. The molecule has 0 unspecified atom stereocenters. The lowest BCUT2D eigenvalue weighted by Crippen LogP contribution is -2.26. The van der Waals surface area contributed by atoms with Gasteiger partial charge in [-0.3, -0.25) is 9.78 Å². The van der Waals surface area contributed by atoms with Gasteiger partial charge in [-0.15, -0.1) is 0 Å². The third-order valence-corrected chi connectivity index (χ3v) is 4.04. The van der Waals surface area contributed by atoms with Crippen molar-refractivity contribution >= 4 is 39.3 Å². The molecule has 2 aromatic rings. The van der Waals surface area contributed by atoms with Crippen LogP contribution in [0.25, 0.3) is 5.69 Å². The van der Waals surface area contributed by atoms with E-state index in [0.717, 1.165) is 11.9 Å². The highest BCUT2D eigenvalue weighted by molar-refractivity contribution is 9.10. The first-order chi connectivity index (χ1) is 10.0. The molecule has 0 N–H and O–H groups in total. The zero-order valence-electron chi connectivity index (χ0n) is 11.6. The number of hydrogen-bond acceptors (Lipinski definition) is 4. The number of rotatable bonds is 5. The highest BCUT2D eigenvalue weighted by Gasteiger charge is 2.17. The molecule has 0 aliphatic carbocycles. The average molecular weight is 373 g/mol. The van der Waals surface area contributed by atoms with E-state index in [-0.39, 0.29) is 5.91 Å². The van der Waals surface area contributed by atoms with Crippen molar-refractivity contribution in [3.63, 3.8) is 0 Å². The van der Waals surface area contributed by atoms with Crippen LogP contribution in [0.2, 0.25) is 0 Å². The second-order valence-corrected chi connectivity index (χ2v) is 6.04. The summed E-state index contributed by atoms with van der Waals surface area (Å²) < 4.78 is 15.2. The standard InChI is InChI=1S/C13H14BrFN4OS/c1-18(12(20)3-4-21-2)11-8-19(17-13(11)14)10-5-9(15)6-16-7-10/h5-8H,3-4H2,1-2H3. The van der Waals surface area contributed by atoms with Gasteiger partial charge in [0, 0.05) is 25.3 Å². The molecule has 2 heterocycles. The maximum Gasteiger partial charge on any atom is 0.227 e. The van der Waals surface area contributed by atoms with Crippen LogP contribution in [0, 0.1) is 5.82 Å². The Balaban J connectivity index is 2.25. The third kappa shape index (κ3) is 3.82. The van der Waals surface area contributed by atoms with Crippen LogP contribution < -0.4 is 4.90 Å². The van der Waals surface area contributed by atoms with Gasteiger partial charge in [0.25, 0.3) is 0 Å². The van der Waals surface area contributed by atoms with E-state index >= 15 is 0 Å². The first kappa shape index (κ1) is 16.0. The molecular formula is C13H14BrFN4OS. The lowest BCUT2D eigenvalue weighted by Gasteiger charge is -2.15. The molecule has 0 atom stereocenters. The second-order valence-electron chi connectivity index (χ2n) is 4.31. The van der Waals surface area contributed by atoms with Crippen molar-refractivity contribution in [2.45, 2.75) is 6.42 Å². The maximum atomic E-state index is 13.2. The monoisotopic (exact) mass is 372 g/mol. The smallest absolute Gasteiger partial charge is 0.227 e. The fourth-order valence-electron chi connectivity index (χ4n) is 1.72. The van der Waals surface area contributed by atoms with Gasteiger partial charge in [0.05, 0.1) is 30.0 Å². The number of aromatic nitrogens is 3. The molecule has 0 bridgehead atoms. The molecule has 2 aromatic heterocycles. The van der Waals surface area contributed by atoms with Gasteiger partial charge in [0.1, 0.15) is 5.82 Å². The van der Waals surface area contributed by atoms with Crippen molar-refractivity contribution < 1.29 is 9.18 Å². The molecule has 0 saturated heterocycles. The van der Waals surface area contributed by atoms with Crippen LogP contribution >= 0.6 is 27.7 Å². The van der Waals surface area contributed by atoms with E-state index in [0.29, 0.717) is 22.4 Å². The van der Waals surface area contributed by atoms with Gasteiger partial charge in [-0.25, -0.2) is 9.07 Å². The normalized spacial score (nSPS) is 10.7. The molecule has 0 spiro atoms. The summed E-state index contributed by atoms with van der Waals surface area (Å²) in [5.41, 5.74) is 1.12. The highest BCUT2D eigenvalue weighted by Crippen LogP contribution is 2.26. The van der Waals surface area contributed by atoms with Crippen LogP contribution in [-0.4, -0.2) is 39.7 Å². The lowest BCUT2D eigenvalue weighted by molar-refractivity contribution is -0.117. The van der Waals surface area contributed by atoms with E-state index in [1.807, 2.05) is 6.26 Å². The van der Waals surface area contributed by atoms with E-state index in [2.05, 4.69) is 26.0 Å². The Morgan fingerprint density at radius 2 is 2.29 bits per heavy atom. The predicted molar refractivity (Wildman–Crippen MR) is 85.4 cm³/mol. The molecule has 2 rings (SSSR count). The van der Waals surface area contributed by atoms with Gasteiger partial charge < -0.3 is 4.90 Å². The van der Waals surface area contributed by atoms with Gasteiger partial charge in [-0.05, 0) is 22.2 Å². The van der Waals surface area contributed by atoms with E-state index in [4.69, 9.17) is 0 Å². The highest BCUT2D eigenvalue weighted by atomic mass is 79.9. The van der Waals surface area contributed by atoms with Crippen molar-refractivity contribution in [3.8, 4) is 5.69 Å². The molecule has 112 valence electrons. The Labute approximate surface area is 134 Å². The molecule has 0 fully saturated rings. The molecule has 0 aromatic carbocycles. The second kappa shape index (κ2) is 7.04. The molecule has 0 aliphatic heterocycles. The molecule has 8 heteroatoms. The van der Waals surface area contributed by atoms with Gasteiger partial charge in [0.2, 0.25) is 5.91 Å². The zero-order chi connectivity index (χ0) is 15.4. The summed E-state index contributed by atoms with van der Waals surface area (Å²) in [5.74, 6) is 0.329. The maximum absolute atomic E-state index is 13.2. The summed E-state index contributed by atoms with van der Waals surface area (Å²) in [7, 11) is 1.69. The largest absolute Gasteiger partial charge is 0.312 e. The number of hydrogen-bond donors (Lipinski definition) is 0. The van der Waals surface area contributed by atoms with Crippen molar-refractivity contribution in [1.82, 2.24) is 14.8 Å². The Morgan fingerprint density at radius 1 is 1.52 bits per heavy atom. The lowest BCUT2D eigenvalue weighted by atomic mass is 10.4. The summed E-state index contributed by atoms with van der Waals surface area (Å²) in [5, 5.41) is 4.23. The van der Waals surface area contributed by atoms with Crippen LogP contribution in [-0.2, 0) is 4.79 Å². The van der Waals surface area contributed by atoms with Crippen molar-refractivity contribution in [3.05, 3.63) is 35.1 Å². The minimum Gasteiger partial charge on any atom is -0.312 e. The minimum atomic E-state index is -0.440. The van der Waals surface area contributed by atoms with Crippen LogP contribution in [0.4, 0.5) is 10.1 Å². The van der Waals surface area contributed by atoms with Crippen LogP contribution in [0.15, 0.2) is 29.3 Å². The van der Waals surface area contributed by atoms with Crippen molar-refractivity contribution in [1.29, 1.82) is 0 Å². The summed E-state index contributed by atoms with van der Waals surface area (Å²) in [6.07, 6.45) is 6.70. The number of amides is 1. The Hall–Kier alpha value is -1.41. The quantitative estimate of drug-likeness (QED) is 0.809. The SMILES string of the molecule is CSCCC(=O)N(C)c1cn(-c2cncc(F)c2)nc1Br. The van der Waals surface area contributed by atoms with Gasteiger partial charge >= 0.3 is 0 Å². The number of pyridine rings is 1. The summed E-state index contributed by atoms with van der Waals surface area (Å²) >= 11 is 4.95. The molecule has 5 nitrogen and oxygen atoms in total. The summed E-state index contributed by atoms with van der Waals surface area (Å²) in [6, 6.07) is 1.33. The summed E-state index contributed by atoms with van der Waals surface area (Å²) in [4.78, 5) is 17.4. The summed E-state index contributed by atoms with van der Waals surface area (Å²) in [6.45, 7) is 0. The van der Waals surface area contributed by atoms with E-state index in [9.17, 15) is 9.18 Å². The average Bonchev–Trinajstić information content (AvgIpc) is 2.86. The van der Waals surface area contributed by atoms with Crippen LogP contribution in [0.3, 0.4) is 0 Å². The number of carbonyl (C=O) groups is 1. The fraction of sp³-hybridized carbons (Fsp3) is 0.308. The molecule has 0 saturated carbocycles. The minimum absolute atomic E-state index is 0.00182. The fourth-order valence-corrected chi connectivity index (χ4v) is 2.64.